The molecule has 43 heteroatoms. The van der Waals surface area contributed by atoms with E-state index in [4.69, 9.17) is 108 Å². The number of hydrogen-bond donors (Lipinski definition) is 27. The summed E-state index contributed by atoms with van der Waals surface area (Å²) in [6, 6.07) is -1.82. The smallest absolute Gasteiger partial charge is 0.217 e. The van der Waals surface area contributed by atoms with Crippen LogP contribution in [0.2, 0.25) is 0 Å². The molecular formula is C57H117N3O34S6. The quantitative estimate of drug-likeness (QED) is 0.0200. The number of thiol groups is 6. The van der Waals surface area contributed by atoms with Gasteiger partial charge in [0.2, 0.25) is 5.91 Å². The lowest BCUT2D eigenvalue weighted by Gasteiger charge is -2.44. The van der Waals surface area contributed by atoms with Crippen molar-refractivity contribution in [2.75, 3.05) is 186 Å². The van der Waals surface area contributed by atoms with Crippen molar-refractivity contribution in [3.63, 3.8) is 0 Å². The zero-order chi connectivity index (χ0) is 75.6. The topological polar surface area (TPSA) is 584 Å². The minimum absolute atomic E-state index is 0.195. The molecule has 1 amide bonds. The van der Waals surface area contributed by atoms with E-state index in [-0.39, 0.29) is 39.6 Å². The lowest BCUT2D eigenvalue weighted by molar-refractivity contribution is -0.299. The molecular weight excluding hydrogens is 1460 g/mol. The van der Waals surface area contributed by atoms with Crippen molar-refractivity contribution in [2.24, 2.45) is 11.5 Å². The summed E-state index contributed by atoms with van der Waals surface area (Å²) in [5.41, 5.74) is 7.49. The number of carbonyl (C=O) groups excluding carboxylic acids is 1. The molecule has 37 nitrogen and oxygen atoms in total. The van der Waals surface area contributed by atoms with Crippen LogP contribution in [-0.2, 0) is 75.8 Å². The van der Waals surface area contributed by atoms with Gasteiger partial charge in [-0.1, -0.05) is 6.42 Å². The molecule has 5 fully saturated rings. The molecule has 0 saturated carbocycles. The van der Waals surface area contributed by atoms with Gasteiger partial charge in [-0.2, -0.15) is 75.8 Å². The number of nitrogens with one attached hydrogen (secondary N) is 1. The number of unbranched alkanes of at least 4 members (excludes halogenated alkanes) is 2. The van der Waals surface area contributed by atoms with Gasteiger partial charge in [0.05, 0.1) is 145 Å². The van der Waals surface area contributed by atoms with Crippen LogP contribution in [0, 0.1) is 0 Å². The highest BCUT2D eigenvalue weighted by molar-refractivity contribution is 7.81. The van der Waals surface area contributed by atoms with Crippen LogP contribution in [0.25, 0.3) is 0 Å². The highest BCUT2D eigenvalue weighted by Gasteiger charge is 2.51. The molecule has 0 aromatic carbocycles. The van der Waals surface area contributed by atoms with E-state index in [2.05, 4.69) is 81.1 Å². The van der Waals surface area contributed by atoms with Gasteiger partial charge in [0.15, 0.2) is 31.5 Å². The van der Waals surface area contributed by atoms with Gasteiger partial charge in [-0.15, -0.1) is 0 Å². The first kappa shape index (κ1) is 100. The van der Waals surface area contributed by atoms with Gasteiger partial charge in [-0.25, -0.2) is 0 Å². The van der Waals surface area contributed by atoms with E-state index in [1.807, 2.05) is 0 Å². The minimum atomic E-state index is -1.81. The van der Waals surface area contributed by atoms with E-state index in [0.717, 1.165) is 30.8 Å². The summed E-state index contributed by atoms with van der Waals surface area (Å²) >= 11 is 23.9. The fraction of sp³-hybridized carbons (Fsp3) is 0.982. The van der Waals surface area contributed by atoms with Crippen molar-refractivity contribution < 1.29 is 168 Å². The maximum absolute atomic E-state index is 11.1. The van der Waals surface area contributed by atoms with Crippen molar-refractivity contribution >= 4 is 81.7 Å². The Morgan fingerprint density at radius 3 is 1.05 bits per heavy atom. The number of amides is 1. The average Bonchev–Trinajstić information content (AvgIpc) is 0.813. The molecule has 23 N–H and O–H groups in total. The van der Waals surface area contributed by atoms with Crippen LogP contribution in [0.15, 0.2) is 0 Å². The number of hydrogen-bond acceptors (Lipinski definition) is 42. The first-order valence-corrected chi connectivity index (χ1v) is 36.1. The SMILES string of the molecule is CC(=O)NC1[C@H](OCCS)OC[C@](O)(CO)[C@@H]1O.NC1C(OCCCCCS)OC[C@](O)(CO)[C@@H]1O.NCCOCCOCCOCCOCCOCCS.OCC1O[C@@H](OCCS)C(O)[C@@H](O)[C@@H]1O.OCC1O[C@H](OCCS)C(O)[C@@H](O)[C@@H]1O.OCC1O[C@H](OCCS)C(O)[C@@H](O)[C@H]1O. The van der Waals surface area contributed by atoms with Gasteiger partial charge in [-0.05, 0) is 18.6 Å². The van der Waals surface area contributed by atoms with Gasteiger partial charge >= 0.3 is 0 Å². The van der Waals surface area contributed by atoms with Gasteiger partial charge in [0.25, 0.3) is 0 Å². The molecule has 23 atom stereocenters. The first-order chi connectivity index (χ1) is 47.7. The predicted octanol–water partition coefficient (Wildman–Crippen LogP) is -10.1. The van der Waals surface area contributed by atoms with Gasteiger partial charge in [-0.3, -0.25) is 4.79 Å². The maximum atomic E-state index is 11.1. The molecule has 0 aliphatic carbocycles. The summed E-state index contributed by atoms with van der Waals surface area (Å²) in [7, 11) is 0. The van der Waals surface area contributed by atoms with E-state index in [9.17, 15) is 71.2 Å². The minimum Gasteiger partial charge on any atom is -0.394 e. The molecule has 5 aliphatic heterocycles. The number of aliphatic hydroxyl groups excluding tert-OH is 16. The molecule has 600 valence electrons. The molecule has 0 bridgehead atoms. The maximum Gasteiger partial charge on any atom is 0.217 e. The summed E-state index contributed by atoms with van der Waals surface area (Å²) in [5, 5.41) is 172. The van der Waals surface area contributed by atoms with Crippen LogP contribution < -0.4 is 16.8 Å². The van der Waals surface area contributed by atoms with Crippen LogP contribution in [0.4, 0.5) is 0 Å². The fourth-order valence-electron chi connectivity index (χ4n) is 8.81. The number of ether oxygens (including phenoxy) is 15. The Morgan fingerprint density at radius 1 is 0.410 bits per heavy atom. The average molecular weight is 1580 g/mol. The molecule has 5 saturated heterocycles. The van der Waals surface area contributed by atoms with Crippen molar-refractivity contribution in [1.82, 2.24) is 5.32 Å². The van der Waals surface area contributed by atoms with E-state index in [1.165, 1.54) is 6.92 Å². The largest absolute Gasteiger partial charge is 0.394 e. The highest BCUT2D eigenvalue weighted by Crippen LogP contribution is 2.28. The Kier molecular flexibility index (Phi) is 60.1. The van der Waals surface area contributed by atoms with Crippen LogP contribution in [0.3, 0.4) is 0 Å². The van der Waals surface area contributed by atoms with Gasteiger partial charge < -0.3 is 180 Å². The number of carbonyl (C=O) groups is 1. The second kappa shape index (κ2) is 60.0. The molecule has 5 heterocycles. The molecule has 0 spiro atoms. The Balaban J connectivity index is 0.00000118. The van der Waals surface area contributed by atoms with Crippen molar-refractivity contribution in [3.05, 3.63) is 0 Å². The number of nitrogens with two attached hydrogens (primary N) is 2. The highest BCUT2D eigenvalue weighted by atomic mass is 32.1. The van der Waals surface area contributed by atoms with E-state index in [0.29, 0.717) is 102 Å². The molecule has 9 unspecified atom stereocenters. The fourth-order valence-corrected chi connectivity index (χ4v) is 9.58. The second-order valence-corrected chi connectivity index (χ2v) is 25.0. The normalized spacial score (nSPS) is 34.1. The molecule has 0 aromatic heterocycles. The number of rotatable bonds is 40. The van der Waals surface area contributed by atoms with Gasteiger partial charge in [0, 0.05) is 48.8 Å². The second-order valence-electron chi connectivity index (χ2n) is 22.3. The van der Waals surface area contributed by atoms with Gasteiger partial charge in [0.1, 0.15) is 103 Å². The Hall–Kier alpha value is 0.170. The molecule has 0 aromatic rings. The van der Waals surface area contributed by atoms with E-state index < -0.39 is 179 Å². The van der Waals surface area contributed by atoms with Crippen LogP contribution >= 0.6 is 75.8 Å². The lowest BCUT2D eigenvalue weighted by atomic mass is 9.89. The van der Waals surface area contributed by atoms with Crippen molar-refractivity contribution in [1.29, 1.82) is 0 Å². The molecule has 100 heavy (non-hydrogen) atoms. The van der Waals surface area contributed by atoms with Crippen molar-refractivity contribution in [3.8, 4) is 0 Å². The third kappa shape index (κ3) is 38.5. The summed E-state index contributed by atoms with van der Waals surface area (Å²) in [5.74, 6) is 2.96. The van der Waals surface area contributed by atoms with Crippen LogP contribution in [-0.4, -0.2) is 424 Å². The zero-order valence-electron chi connectivity index (χ0n) is 56.2. The first-order valence-electron chi connectivity index (χ1n) is 32.3. The molecule has 5 aliphatic rings. The van der Waals surface area contributed by atoms with Crippen molar-refractivity contribution in [2.45, 2.75) is 166 Å². The van der Waals surface area contributed by atoms with E-state index in [1.54, 1.807) is 0 Å². The Labute approximate surface area is 615 Å². The molecule has 5 rings (SSSR count). The monoisotopic (exact) mass is 1580 g/mol. The Morgan fingerprint density at radius 2 is 0.730 bits per heavy atom. The standard InChI is InChI=1S/C12H27NO5S.C11H23NO5S.C10H19NO6S.3C8H16O6S/c13-1-2-14-3-4-15-5-6-16-7-8-17-9-10-18-11-12-19;12-8-9(14)11(15,6-13)7-17-10(8)16-4-2-1-3-5-18;1-6(13)11-7-8(14)10(15,4-12)5-17-9(7)16-2-3-18;3*9-3-4-5(10)6(11)7(12)8(14-4)13-1-2-15/h19H,1-13H2;8-10,13-15,18H,1-7,12H2;7-9,12,14-15,18H,2-5H2,1H3,(H,11,13);3*4-12,15H,1-3H2/t;8?,9-,10?,11-;7?,8-,9-,10-;4?,5-,6+,7?,8+;4?,5-,6+,7?,8-;4?,5-,6-,7?,8-/m.11110/s1. The third-order valence-electron chi connectivity index (χ3n) is 14.4. The summed E-state index contributed by atoms with van der Waals surface area (Å²) < 4.78 is 77.9. The predicted molar refractivity (Wildman–Crippen MR) is 372 cm³/mol. The summed E-state index contributed by atoms with van der Waals surface area (Å²) in [6.45, 7) is 6.04. The van der Waals surface area contributed by atoms with Crippen LogP contribution in [0.5, 0.6) is 0 Å². The zero-order valence-corrected chi connectivity index (χ0v) is 61.5. The van der Waals surface area contributed by atoms with Crippen LogP contribution in [0.1, 0.15) is 26.2 Å². The third-order valence-corrected chi connectivity index (χ3v) is 15.7. The number of aliphatic hydroxyl groups is 18. The molecule has 0 radical (unpaired) electrons. The summed E-state index contributed by atoms with van der Waals surface area (Å²) in [4.78, 5) is 11.1. The van der Waals surface area contributed by atoms with E-state index >= 15 is 0 Å². The Bertz CT molecular complexity index is 1830. The lowest BCUT2D eigenvalue weighted by Crippen LogP contribution is -2.68. The summed E-state index contributed by atoms with van der Waals surface area (Å²) in [6.07, 6.45) is -19.5.